The van der Waals surface area contributed by atoms with Crippen molar-refractivity contribution in [2.24, 2.45) is 4.99 Å². The number of ether oxygens (including phenoxy) is 1. The van der Waals surface area contributed by atoms with E-state index in [-0.39, 0.29) is 23.5 Å². The highest BCUT2D eigenvalue weighted by Crippen LogP contribution is 2.33. The number of para-hydroxylation sites is 2. The van der Waals surface area contributed by atoms with Crippen LogP contribution in [0.4, 0.5) is 11.4 Å². The lowest BCUT2D eigenvalue weighted by molar-refractivity contribution is -0.142. The number of nitrogens with one attached hydrogen (secondary N) is 1. The summed E-state index contributed by atoms with van der Waals surface area (Å²) in [7, 11) is 0. The molecule has 30 heavy (non-hydrogen) atoms. The summed E-state index contributed by atoms with van der Waals surface area (Å²) in [5.74, 6) is -0.0920. The smallest absolute Gasteiger partial charge is 0.311 e. The molecular formula is C23H31N3O3S. The zero-order valence-corrected chi connectivity index (χ0v) is 18.7. The molecule has 1 atom stereocenters. The molecule has 2 aliphatic heterocycles. The Morgan fingerprint density at radius 3 is 2.60 bits per heavy atom. The number of hydrogen-bond donors (Lipinski definition) is 1. The standard InChI is InChI=1S/C23H31N3O3S/c1-3-20(23(28)26-13-9-5-6-10-14-26)30-21-15-17(16-22(27)29-4-2)24-18-11-7-8-12-19(18)25-21/h7-8,11-12,15,20,24H,3-6,9-10,13-14,16H2,1-2H3. The van der Waals surface area contributed by atoms with Crippen LogP contribution in [-0.4, -0.2) is 46.8 Å². The molecule has 1 aromatic carbocycles. The van der Waals surface area contributed by atoms with Crippen LogP contribution in [0.3, 0.4) is 0 Å². The molecule has 1 amide bonds. The van der Waals surface area contributed by atoms with Gasteiger partial charge in [0.15, 0.2) is 0 Å². The fourth-order valence-electron chi connectivity index (χ4n) is 3.66. The number of thioether (sulfide) groups is 1. The molecule has 1 fully saturated rings. The number of benzene rings is 1. The normalized spacial score (nSPS) is 17.5. The van der Waals surface area contributed by atoms with E-state index in [0.29, 0.717) is 6.61 Å². The molecule has 7 heteroatoms. The van der Waals surface area contributed by atoms with Gasteiger partial charge in [-0.3, -0.25) is 9.59 Å². The number of amides is 1. The Kier molecular flexibility index (Phi) is 8.37. The second kappa shape index (κ2) is 11.2. The van der Waals surface area contributed by atoms with E-state index in [1.165, 1.54) is 24.6 Å². The zero-order valence-electron chi connectivity index (χ0n) is 17.9. The molecule has 162 valence electrons. The number of carbonyl (C=O) groups is 2. The van der Waals surface area contributed by atoms with Gasteiger partial charge in [0.2, 0.25) is 5.91 Å². The summed E-state index contributed by atoms with van der Waals surface area (Å²) < 4.78 is 5.11. The summed E-state index contributed by atoms with van der Waals surface area (Å²) in [6.07, 6.45) is 7.29. The first kappa shape index (κ1) is 22.4. The second-order valence-corrected chi connectivity index (χ2v) is 8.72. The third-order valence-corrected chi connectivity index (χ3v) is 6.46. The summed E-state index contributed by atoms with van der Waals surface area (Å²) in [4.78, 5) is 32.0. The van der Waals surface area contributed by atoms with Gasteiger partial charge in [-0.15, -0.1) is 0 Å². The van der Waals surface area contributed by atoms with Crippen molar-refractivity contribution in [1.82, 2.24) is 4.90 Å². The average molecular weight is 430 g/mol. The minimum atomic E-state index is -0.285. The monoisotopic (exact) mass is 429 g/mol. The summed E-state index contributed by atoms with van der Waals surface area (Å²) in [5, 5.41) is 3.86. The van der Waals surface area contributed by atoms with Crippen molar-refractivity contribution in [2.75, 3.05) is 25.0 Å². The molecule has 0 aliphatic carbocycles. The highest BCUT2D eigenvalue weighted by Gasteiger charge is 2.26. The molecule has 2 heterocycles. The van der Waals surface area contributed by atoms with Crippen molar-refractivity contribution < 1.29 is 14.3 Å². The quantitative estimate of drug-likeness (QED) is 0.652. The summed E-state index contributed by atoms with van der Waals surface area (Å²) in [5.41, 5.74) is 2.37. The van der Waals surface area contributed by atoms with E-state index in [0.717, 1.165) is 54.5 Å². The van der Waals surface area contributed by atoms with Crippen molar-refractivity contribution in [2.45, 2.75) is 57.6 Å². The van der Waals surface area contributed by atoms with Gasteiger partial charge in [0.25, 0.3) is 0 Å². The van der Waals surface area contributed by atoms with E-state index >= 15 is 0 Å². The molecule has 0 aromatic heterocycles. The van der Waals surface area contributed by atoms with Gasteiger partial charge in [-0.2, -0.15) is 0 Å². The number of carbonyl (C=O) groups excluding carboxylic acids is 2. The number of hydrogen-bond acceptors (Lipinski definition) is 6. The maximum absolute atomic E-state index is 13.2. The van der Waals surface area contributed by atoms with E-state index < -0.39 is 0 Å². The van der Waals surface area contributed by atoms with Gasteiger partial charge in [-0.25, -0.2) is 4.99 Å². The first-order valence-corrected chi connectivity index (χ1v) is 11.7. The van der Waals surface area contributed by atoms with Gasteiger partial charge in [0.1, 0.15) is 0 Å². The average Bonchev–Trinajstić information content (AvgIpc) is 3.10. The number of anilines is 1. The Morgan fingerprint density at radius 1 is 1.17 bits per heavy atom. The van der Waals surface area contributed by atoms with Gasteiger partial charge in [0.05, 0.1) is 34.7 Å². The van der Waals surface area contributed by atoms with Crippen molar-refractivity contribution in [1.29, 1.82) is 0 Å². The highest BCUT2D eigenvalue weighted by molar-refractivity contribution is 8.15. The van der Waals surface area contributed by atoms with Crippen LogP contribution in [-0.2, 0) is 14.3 Å². The van der Waals surface area contributed by atoms with Gasteiger partial charge in [-0.05, 0) is 44.4 Å². The number of likely N-dealkylation sites (tertiary alicyclic amines) is 1. The number of rotatable bonds is 6. The van der Waals surface area contributed by atoms with Crippen LogP contribution in [0.5, 0.6) is 0 Å². The molecule has 0 spiro atoms. The third kappa shape index (κ3) is 6.11. The molecule has 1 saturated heterocycles. The third-order valence-electron chi connectivity index (χ3n) is 5.19. The first-order chi connectivity index (χ1) is 14.6. The Bertz CT molecular complexity index is 814. The fraction of sp³-hybridized carbons (Fsp3) is 0.522. The number of nitrogens with zero attached hydrogens (tertiary/aromatic N) is 2. The Labute approximate surface area is 183 Å². The molecule has 1 aromatic rings. The fourth-order valence-corrected chi connectivity index (χ4v) is 4.73. The molecule has 1 N–H and O–H groups in total. The van der Waals surface area contributed by atoms with Gasteiger partial charge in [0, 0.05) is 18.8 Å². The van der Waals surface area contributed by atoms with Gasteiger partial charge < -0.3 is 15.0 Å². The zero-order chi connectivity index (χ0) is 21.3. The van der Waals surface area contributed by atoms with E-state index in [2.05, 4.69) is 5.32 Å². The Morgan fingerprint density at radius 2 is 1.90 bits per heavy atom. The predicted octanol–water partition coefficient (Wildman–Crippen LogP) is 4.89. The van der Waals surface area contributed by atoms with Crippen molar-refractivity contribution >= 4 is 40.1 Å². The largest absolute Gasteiger partial charge is 0.466 e. The minimum absolute atomic E-state index is 0.138. The summed E-state index contributed by atoms with van der Waals surface area (Å²) in [6, 6.07) is 7.73. The van der Waals surface area contributed by atoms with E-state index in [4.69, 9.17) is 9.73 Å². The van der Waals surface area contributed by atoms with Crippen molar-refractivity contribution in [3.8, 4) is 0 Å². The van der Waals surface area contributed by atoms with E-state index in [1.807, 2.05) is 42.2 Å². The predicted molar refractivity (Wildman–Crippen MR) is 123 cm³/mol. The molecule has 0 saturated carbocycles. The van der Waals surface area contributed by atoms with Gasteiger partial charge >= 0.3 is 5.97 Å². The van der Waals surface area contributed by atoms with E-state index in [1.54, 1.807) is 6.92 Å². The van der Waals surface area contributed by atoms with E-state index in [9.17, 15) is 9.59 Å². The lowest BCUT2D eigenvalue weighted by Gasteiger charge is -2.25. The number of fused-ring (bicyclic) bond motifs is 1. The van der Waals surface area contributed by atoms with Crippen LogP contribution in [0.25, 0.3) is 0 Å². The van der Waals surface area contributed by atoms with Crippen LogP contribution in [0.15, 0.2) is 41.0 Å². The molecule has 0 radical (unpaired) electrons. The van der Waals surface area contributed by atoms with Crippen LogP contribution in [0.1, 0.15) is 52.4 Å². The molecule has 2 aliphatic rings. The van der Waals surface area contributed by atoms with Crippen molar-refractivity contribution in [3.05, 3.63) is 36.0 Å². The Balaban J connectivity index is 1.81. The number of esters is 1. The summed E-state index contributed by atoms with van der Waals surface area (Å²) in [6.45, 7) is 5.87. The first-order valence-electron chi connectivity index (χ1n) is 10.9. The minimum Gasteiger partial charge on any atom is -0.466 e. The van der Waals surface area contributed by atoms with Crippen LogP contribution < -0.4 is 5.32 Å². The molecular weight excluding hydrogens is 398 g/mol. The Hall–Kier alpha value is -2.28. The van der Waals surface area contributed by atoms with Crippen molar-refractivity contribution in [3.63, 3.8) is 0 Å². The molecule has 1 unspecified atom stereocenters. The summed E-state index contributed by atoms with van der Waals surface area (Å²) >= 11 is 1.49. The SMILES string of the molecule is CCOC(=O)CC1=CC(SC(CC)C(=O)N2CCCCCC2)=Nc2ccccc2N1. The van der Waals surface area contributed by atoms with Crippen LogP contribution in [0.2, 0.25) is 0 Å². The topological polar surface area (TPSA) is 71.0 Å². The number of aliphatic imine (C=N–C) groups is 1. The maximum Gasteiger partial charge on any atom is 0.311 e. The lowest BCUT2D eigenvalue weighted by Crippen LogP contribution is -2.38. The molecule has 0 bridgehead atoms. The van der Waals surface area contributed by atoms with Crippen LogP contribution in [0, 0.1) is 0 Å². The maximum atomic E-state index is 13.2. The van der Waals surface area contributed by atoms with Crippen LogP contribution >= 0.6 is 11.8 Å². The lowest BCUT2D eigenvalue weighted by atomic mass is 10.2. The molecule has 6 nitrogen and oxygen atoms in total. The molecule has 3 rings (SSSR count). The second-order valence-electron chi connectivity index (χ2n) is 7.50. The van der Waals surface area contributed by atoms with Gasteiger partial charge in [-0.1, -0.05) is 43.7 Å². The highest BCUT2D eigenvalue weighted by atomic mass is 32.2.